The summed E-state index contributed by atoms with van der Waals surface area (Å²) in [5, 5.41) is 1.11. The van der Waals surface area contributed by atoms with E-state index in [1.165, 1.54) is 0 Å². The van der Waals surface area contributed by atoms with Crippen molar-refractivity contribution < 1.29 is 9.15 Å². The van der Waals surface area contributed by atoms with Crippen LogP contribution in [0.4, 0.5) is 0 Å². The Hall–Kier alpha value is -1.44. The quantitative estimate of drug-likeness (QED) is 0.716. The lowest BCUT2D eigenvalue weighted by Gasteiger charge is -2.02. The van der Waals surface area contributed by atoms with E-state index in [-0.39, 0.29) is 0 Å². The summed E-state index contributed by atoms with van der Waals surface area (Å²) >= 11 is 0. The van der Waals surface area contributed by atoms with Gasteiger partial charge in [-0.1, -0.05) is 6.92 Å². The van der Waals surface area contributed by atoms with Crippen LogP contribution >= 0.6 is 0 Å². The lowest BCUT2D eigenvalue weighted by molar-refractivity contribution is 0.317. The molecule has 2 aromatic rings. The van der Waals surface area contributed by atoms with Crippen molar-refractivity contribution in [3.63, 3.8) is 0 Å². The molecule has 1 heterocycles. The Balaban J connectivity index is 2.26. The molecule has 0 aliphatic rings. The summed E-state index contributed by atoms with van der Waals surface area (Å²) in [6.45, 7) is 2.84. The molecule has 2 rings (SSSR count). The van der Waals surface area contributed by atoms with Crippen LogP contribution in [0.2, 0.25) is 0 Å². The van der Waals surface area contributed by atoms with Gasteiger partial charge in [-0.3, -0.25) is 0 Å². The van der Waals surface area contributed by atoms with Gasteiger partial charge in [-0.05, 0) is 24.6 Å². The van der Waals surface area contributed by atoms with Crippen LogP contribution in [0.1, 0.15) is 13.3 Å². The molecule has 0 saturated carbocycles. The van der Waals surface area contributed by atoms with Gasteiger partial charge in [0.25, 0.3) is 0 Å². The Morgan fingerprint density at radius 2 is 2.23 bits per heavy atom. The van der Waals surface area contributed by atoms with Gasteiger partial charge in [-0.15, -0.1) is 0 Å². The number of hydrogen-bond acceptors (Lipinski definition) is 2. The van der Waals surface area contributed by atoms with E-state index >= 15 is 0 Å². The molecule has 0 amide bonds. The second-order valence-corrected chi connectivity index (χ2v) is 2.97. The average Bonchev–Trinajstić information content (AvgIpc) is 2.61. The minimum atomic E-state index is 0.756. The van der Waals surface area contributed by atoms with Crippen LogP contribution in [0.5, 0.6) is 5.75 Å². The summed E-state index contributed by atoms with van der Waals surface area (Å²) in [6.07, 6.45) is 2.71. The first-order valence-corrected chi connectivity index (χ1v) is 4.50. The third kappa shape index (κ3) is 1.66. The molecule has 0 spiro atoms. The molecule has 0 aliphatic carbocycles. The van der Waals surface area contributed by atoms with E-state index in [9.17, 15) is 0 Å². The Bertz CT molecular complexity index is 390. The van der Waals surface area contributed by atoms with E-state index in [0.717, 1.165) is 29.7 Å². The van der Waals surface area contributed by atoms with Crippen LogP contribution in [-0.4, -0.2) is 6.61 Å². The van der Waals surface area contributed by atoms with Crippen molar-refractivity contribution in [1.29, 1.82) is 0 Å². The topological polar surface area (TPSA) is 22.4 Å². The molecule has 1 aromatic heterocycles. The smallest absolute Gasteiger partial charge is 0.137 e. The number of rotatable bonds is 3. The molecular weight excluding hydrogens is 164 g/mol. The molecule has 1 aromatic carbocycles. The highest BCUT2D eigenvalue weighted by atomic mass is 16.5. The van der Waals surface area contributed by atoms with Crippen molar-refractivity contribution in [1.82, 2.24) is 0 Å². The largest absolute Gasteiger partial charge is 0.493 e. The van der Waals surface area contributed by atoms with E-state index in [4.69, 9.17) is 9.15 Å². The lowest BCUT2D eigenvalue weighted by Crippen LogP contribution is -1.93. The second-order valence-electron chi connectivity index (χ2n) is 2.97. The first-order chi connectivity index (χ1) is 6.40. The summed E-state index contributed by atoms with van der Waals surface area (Å²) in [5.74, 6) is 0.879. The van der Waals surface area contributed by atoms with Gasteiger partial charge in [-0.25, -0.2) is 0 Å². The predicted molar refractivity (Wildman–Crippen MR) is 52.0 cm³/mol. The number of furan rings is 1. The average molecular weight is 176 g/mol. The summed E-state index contributed by atoms with van der Waals surface area (Å²) in [5.41, 5.74) is 0.883. The summed E-state index contributed by atoms with van der Waals surface area (Å²) in [7, 11) is 0. The third-order valence-electron chi connectivity index (χ3n) is 1.90. The zero-order valence-electron chi connectivity index (χ0n) is 7.62. The third-order valence-corrected chi connectivity index (χ3v) is 1.90. The molecule has 0 fully saturated rings. The van der Waals surface area contributed by atoms with E-state index < -0.39 is 0 Å². The maximum atomic E-state index is 5.47. The van der Waals surface area contributed by atoms with E-state index in [1.807, 2.05) is 24.3 Å². The first kappa shape index (κ1) is 8.17. The summed E-state index contributed by atoms with van der Waals surface area (Å²) < 4.78 is 10.7. The van der Waals surface area contributed by atoms with Gasteiger partial charge in [0.05, 0.1) is 12.9 Å². The molecule has 2 nitrogen and oxygen atoms in total. The normalized spacial score (nSPS) is 10.5. The molecule has 0 N–H and O–H groups in total. The highest BCUT2D eigenvalue weighted by Crippen LogP contribution is 2.21. The van der Waals surface area contributed by atoms with Gasteiger partial charge in [-0.2, -0.15) is 0 Å². The van der Waals surface area contributed by atoms with Gasteiger partial charge in [0, 0.05) is 11.5 Å². The lowest BCUT2D eigenvalue weighted by atomic mass is 10.2. The highest BCUT2D eigenvalue weighted by molar-refractivity contribution is 5.78. The van der Waals surface area contributed by atoms with Crippen molar-refractivity contribution in [3.05, 3.63) is 30.5 Å². The SMILES string of the molecule is CCCOc1ccc2ccoc2c1. The molecule has 0 bridgehead atoms. The molecule has 0 radical (unpaired) electrons. The van der Waals surface area contributed by atoms with Crippen molar-refractivity contribution >= 4 is 11.0 Å². The van der Waals surface area contributed by atoms with Gasteiger partial charge in [0.15, 0.2) is 0 Å². The van der Waals surface area contributed by atoms with Crippen LogP contribution < -0.4 is 4.74 Å². The van der Waals surface area contributed by atoms with E-state index in [0.29, 0.717) is 0 Å². The van der Waals surface area contributed by atoms with E-state index in [2.05, 4.69) is 6.92 Å². The fraction of sp³-hybridized carbons (Fsp3) is 0.273. The van der Waals surface area contributed by atoms with Gasteiger partial charge in [0.2, 0.25) is 0 Å². The first-order valence-electron chi connectivity index (χ1n) is 4.50. The molecule has 2 heteroatoms. The molecule has 0 unspecified atom stereocenters. The maximum absolute atomic E-state index is 5.47. The van der Waals surface area contributed by atoms with Gasteiger partial charge in [0.1, 0.15) is 11.3 Å². The highest BCUT2D eigenvalue weighted by Gasteiger charge is 1.98. The zero-order valence-corrected chi connectivity index (χ0v) is 7.62. The maximum Gasteiger partial charge on any atom is 0.137 e. The molecule has 0 atom stereocenters. The van der Waals surface area contributed by atoms with Crippen LogP contribution in [0.3, 0.4) is 0 Å². The molecule has 0 saturated heterocycles. The van der Waals surface area contributed by atoms with Gasteiger partial charge < -0.3 is 9.15 Å². The number of ether oxygens (including phenoxy) is 1. The van der Waals surface area contributed by atoms with Crippen LogP contribution in [-0.2, 0) is 0 Å². The predicted octanol–water partition coefficient (Wildman–Crippen LogP) is 3.22. The molecule has 0 aliphatic heterocycles. The van der Waals surface area contributed by atoms with Crippen LogP contribution in [0, 0.1) is 0 Å². The van der Waals surface area contributed by atoms with Gasteiger partial charge >= 0.3 is 0 Å². The Morgan fingerprint density at radius 3 is 3.08 bits per heavy atom. The summed E-state index contributed by atoms with van der Waals surface area (Å²) in [4.78, 5) is 0. The second kappa shape index (κ2) is 3.52. The Labute approximate surface area is 77.1 Å². The van der Waals surface area contributed by atoms with E-state index in [1.54, 1.807) is 6.26 Å². The minimum absolute atomic E-state index is 0.756. The summed E-state index contributed by atoms with van der Waals surface area (Å²) in [6, 6.07) is 7.83. The Morgan fingerprint density at radius 1 is 1.31 bits per heavy atom. The molecule has 13 heavy (non-hydrogen) atoms. The minimum Gasteiger partial charge on any atom is -0.493 e. The van der Waals surface area contributed by atoms with Crippen molar-refractivity contribution in [2.45, 2.75) is 13.3 Å². The van der Waals surface area contributed by atoms with Crippen LogP contribution in [0.15, 0.2) is 34.9 Å². The standard InChI is InChI=1S/C11H12O2/c1-2-6-12-10-4-3-9-5-7-13-11(9)8-10/h3-5,7-8H,2,6H2,1H3. The number of benzene rings is 1. The Kier molecular flexibility index (Phi) is 2.21. The van der Waals surface area contributed by atoms with Crippen molar-refractivity contribution in [2.24, 2.45) is 0 Å². The van der Waals surface area contributed by atoms with Crippen LogP contribution in [0.25, 0.3) is 11.0 Å². The molecular formula is C11H12O2. The monoisotopic (exact) mass is 176 g/mol. The fourth-order valence-corrected chi connectivity index (χ4v) is 1.24. The number of fused-ring (bicyclic) bond motifs is 1. The zero-order chi connectivity index (χ0) is 9.10. The number of hydrogen-bond donors (Lipinski definition) is 0. The fourth-order valence-electron chi connectivity index (χ4n) is 1.24. The van der Waals surface area contributed by atoms with Crippen molar-refractivity contribution in [3.8, 4) is 5.75 Å². The van der Waals surface area contributed by atoms with Crippen molar-refractivity contribution in [2.75, 3.05) is 6.61 Å². The molecule has 68 valence electrons.